The lowest BCUT2D eigenvalue weighted by Gasteiger charge is -2.41. The minimum Gasteiger partial charge on any atom is -0.377 e. The van der Waals surface area contributed by atoms with Crippen LogP contribution in [0.1, 0.15) is 102 Å². The van der Waals surface area contributed by atoms with Crippen molar-refractivity contribution in [2.75, 3.05) is 13.2 Å². The fourth-order valence-corrected chi connectivity index (χ4v) is 5.30. The zero-order chi connectivity index (χ0) is 21.8. The van der Waals surface area contributed by atoms with E-state index in [-0.39, 0.29) is 0 Å². The molecule has 2 heterocycles. The van der Waals surface area contributed by atoms with Gasteiger partial charge in [0.2, 0.25) is 0 Å². The first-order valence-electron chi connectivity index (χ1n) is 11.6. The van der Waals surface area contributed by atoms with Gasteiger partial charge < -0.3 is 9.47 Å². The van der Waals surface area contributed by atoms with E-state index < -0.39 is 0 Å². The van der Waals surface area contributed by atoms with Crippen LogP contribution in [0.2, 0.25) is 0 Å². The molecule has 5 unspecified atom stereocenters. The molecule has 2 nitrogen and oxygen atoms in total. The molecule has 1 aliphatic carbocycles. The molecule has 0 N–H and O–H groups in total. The summed E-state index contributed by atoms with van der Waals surface area (Å²) < 4.78 is 12.0. The van der Waals surface area contributed by atoms with Crippen molar-refractivity contribution in [3.8, 4) is 0 Å². The van der Waals surface area contributed by atoms with Gasteiger partial charge in [-0.25, -0.2) is 0 Å². The van der Waals surface area contributed by atoms with E-state index in [1.54, 1.807) is 0 Å². The van der Waals surface area contributed by atoms with Crippen LogP contribution in [0.15, 0.2) is 0 Å². The molecule has 0 bridgehead atoms. The second kappa shape index (κ2) is 7.56. The average Bonchev–Trinajstić information content (AvgIpc) is 3.10. The van der Waals surface area contributed by atoms with Crippen LogP contribution >= 0.6 is 0 Å². The monoisotopic (exact) mass is 394 g/mol. The highest BCUT2D eigenvalue weighted by Crippen LogP contribution is 2.70. The Labute approximate surface area is 176 Å². The fraction of sp³-hybridized carbons (Fsp3) is 1.00. The summed E-state index contributed by atoms with van der Waals surface area (Å²) in [6, 6.07) is 0. The summed E-state index contributed by atoms with van der Waals surface area (Å²) in [6.45, 7) is 29.7. The Kier molecular flexibility index (Phi) is 6.53. The topological polar surface area (TPSA) is 18.5 Å². The van der Waals surface area contributed by atoms with E-state index in [9.17, 15) is 0 Å². The van der Waals surface area contributed by atoms with E-state index in [0.717, 1.165) is 25.0 Å². The van der Waals surface area contributed by atoms with Gasteiger partial charge in [-0.1, -0.05) is 83.1 Å². The van der Waals surface area contributed by atoms with E-state index in [0.29, 0.717) is 39.3 Å². The highest BCUT2D eigenvalue weighted by Gasteiger charge is 2.69. The van der Waals surface area contributed by atoms with Crippen molar-refractivity contribution >= 4 is 0 Å². The molecule has 1 saturated carbocycles. The van der Waals surface area contributed by atoms with Crippen LogP contribution < -0.4 is 0 Å². The van der Waals surface area contributed by atoms with Gasteiger partial charge in [-0.3, -0.25) is 0 Å². The van der Waals surface area contributed by atoms with Gasteiger partial charge in [0.15, 0.2) is 0 Å². The summed E-state index contributed by atoms with van der Waals surface area (Å²) in [5, 5.41) is 0. The molecule has 0 aromatic carbocycles. The highest BCUT2D eigenvalue weighted by molar-refractivity contribution is 5.16. The van der Waals surface area contributed by atoms with E-state index in [1.807, 2.05) is 0 Å². The van der Waals surface area contributed by atoms with Gasteiger partial charge in [0.25, 0.3) is 0 Å². The summed E-state index contributed by atoms with van der Waals surface area (Å²) in [7, 11) is 0. The highest BCUT2D eigenvalue weighted by atomic mass is 16.5. The second-order valence-corrected chi connectivity index (χ2v) is 14.1. The molecule has 5 atom stereocenters. The van der Waals surface area contributed by atoms with Gasteiger partial charge in [0, 0.05) is 5.41 Å². The quantitative estimate of drug-likeness (QED) is 0.427. The molecule has 2 saturated heterocycles. The number of ether oxygens (including phenoxy) is 2. The fourth-order valence-electron chi connectivity index (χ4n) is 5.30. The summed E-state index contributed by atoms with van der Waals surface area (Å²) in [6.07, 6.45) is 4.89. The molecule has 0 aromatic heterocycles. The zero-order valence-electron chi connectivity index (χ0n) is 21.2. The maximum Gasteiger partial charge on any atom is 0.0658 e. The molecule has 2 heteroatoms. The first kappa shape index (κ1) is 24.2. The van der Waals surface area contributed by atoms with Crippen molar-refractivity contribution in [1.29, 1.82) is 0 Å². The molecule has 3 rings (SSSR count). The Morgan fingerprint density at radius 2 is 1.25 bits per heavy atom. The lowest BCUT2D eigenvalue weighted by Crippen LogP contribution is -2.39. The van der Waals surface area contributed by atoms with Gasteiger partial charge >= 0.3 is 0 Å². The van der Waals surface area contributed by atoms with Crippen molar-refractivity contribution in [2.24, 2.45) is 38.9 Å². The summed E-state index contributed by atoms with van der Waals surface area (Å²) in [4.78, 5) is 0. The molecule has 0 spiro atoms. The SMILES string of the molecule is CC(C)(C)C1CCC(C(C)(C)C)OC1.CC(C)(C)C1OCC2(C(C)(C)C)CC12. The van der Waals surface area contributed by atoms with Crippen molar-refractivity contribution in [2.45, 2.75) is 115 Å². The molecule has 3 aliphatic rings. The maximum atomic E-state index is 6.01. The Hall–Kier alpha value is -0.0800. The minimum absolute atomic E-state index is 0.308. The van der Waals surface area contributed by atoms with Gasteiger partial charge in [-0.05, 0) is 52.8 Å². The molecule has 0 amide bonds. The Balaban J connectivity index is 0.000000200. The van der Waals surface area contributed by atoms with Crippen LogP contribution in [-0.2, 0) is 9.47 Å². The molecule has 0 aromatic rings. The molecule has 0 radical (unpaired) electrons. The average molecular weight is 395 g/mol. The molecular formula is C26H50O2. The van der Waals surface area contributed by atoms with Crippen LogP contribution in [0.4, 0.5) is 0 Å². The predicted octanol–water partition coefficient (Wildman–Crippen LogP) is 7.36. The van der Waals surface area contributed by atoms with Crippen molar-refractivity contribution in [3.63, 3.8) is 0 Å². The van der Waals surface area contributed by atoms with Gasteiger partial charge in [-0.2, -0.15) is 0 Å². The number of hydrogen-bond donors (Lipinski definition) is 0. The van der Waals surface area contributed by atoms with Crippen LogP contribution in [0, 0.1) is 38.9 Å². The van der Waals surface area contributed by atoms with Crippen molar-refractivity contribution in [1.82, 2.24) is 0 Å². The maximum absolute atomic E-state index is 6.01. The number of fused-ring (bicyclic) bond motifs is 1. The Bertz CT molecular complexity index is 493. The normalized spacial score (nSPS) is 36.4. The molecule has 166 valence electrons. The largest absolute Gasteiger partial charge is 0.377 e. The zero-order valence-corrected chi connectivity index (χ0v) is 21.2. The smallest absolute Gasteiger partial charge is 0.0658 e. The Morgan fingerprint density at radius 1 is 0.679 bits per heavy atom. The standard InChI is InChI=1S/C13H24O.C13H26O/c1-11(2,3)10-9-7-13(9,8-14-10)12(4,5)6;1-12(2,3)10-7-8-11(14-9-10)13(4,5)6/h9-10H,7-8H2,1-6H3;10-11H,7-9H2,1-6H3. The lowest BCUT2D eigenvalue weighted by atomic mass is 9.74. The first-order chi connectivity index (χ1) is 12.4. The van der Waals surface area contributed by atoms with E-state index in [4.69, 9.17) is 9.47 Å². The van der Waals surface area contributed by atoms with Gasteiger partial charge in [0.05, 0.1) is 25.4 Å². The molecule has 28 heavy (non-hydrogen) atoms. The van der Waals surface area contributed by atoms with E-state index in [1.165, 1.54) is 19.3 Å². The lowest BCUT2D eigenvalue weighted by molar-refractivity contribution is -0.0908. The molecule has 2 aliphatic heterocycles. The minimum atomic E-state index is 0.308. The predicted molar refractivity (Wildman–Crippen MR) is 121 cm³/mol. The van der Waals surface area contributed by atoms with E-state index >= 15 is 0 Å². The first-order valence-corrected chi connectivity index (χ1v) is 11.6. The van der Waals surface area contributed by atoms with Gasteiger partial charge in [-0.15, -0.1) is 0 Å². The third-order valence-corrected chi connectivity index (χ3v) is 7.83. The molecule has 3 fully saturated rings. The third kappa shape index (κ3) is 5.15. The number of hydrogen-bond acceptors (Lipinski definition) is 2. The Morgan fingerprint density at radius 3 is 1.50 bits per heavy atom. The summed E-state index contributed by atoms with van der Waals surface area (Å²) in [5.41, 5.74) is 1.95. The van der Waals surface area contributed by atoms with Crippen molar-refractivity contribution in [3.05, 3.63) is 0 Å². The third-order valence-electron chi connectivity index (χ3n) is 7.83. The van der Waals surface area contributed by atoms with Crippen LogP contribution in [-0.4, -0.2) is 25.4 Å². The van der Waals surface area contributed by atoms with Gasteiger partial charge in [0.1, 0.15) is 0 Å². The van der Waals surface area contributed by atoms with Crippen molar-refractivity contribution < 1.29 is 9.47 Å². The summed E-state index contributed by atoms with van der Waals surface area (Å²) >= 11 is 0. The summed E-state index contributed by atoms with van der Waals surface area (Å²) in [5.74, 6) is 1.56. The van der Waals surface area contributed by atoms with E-state index in [2.05, 4.69) is 83.1 Å². The number of rotatable bonds is 0. The van der Waals surface area contributed by atoms with Crippen LogP contribution in [0.5, 0.6) is 0 Å². The van der Waals surface area contributed by atoms with Crippen LogP contribution in [0.25, 0.3) is 0 Å². The van der Waals surface area contributed by atoms with Crippen LogP contribution in [0.3, 0.4) is 0 Å². The second-order valence-electron chi connectivity index (χ2n) is 14.1. The molecular weight excluding hydrogens is 344 g/mol.